The summed E-state index contributed by atoms with van der Waals surface area (Å²) in [4.78, 5) is 16.5. The number of aryl methyl sites for hydroxylation is 1. The van der Waals surface area contributed by atoms with Crippen molar-refractivity contribution in [1.29, 1.82) is 0 Å². The quantitative estimate of drug-likeness (QED) is 0.750. The highest BCUT2D eigenvalue weighted by molar-refractivity contribution is 6.31. The van der Waals surface area contributed by atoms with Gasteiger partial charge in [0, 0.05) is 25.2 Å². The molecule has 1 aliphatic heterocycles. The number of likely N-dealkylation sites (tertiary alicyclic amines) is 1. The molecule has 1 aromatic rings. The van der Waals surface area contributed by atoms with Crippen LogP contribution in [0.3, 0.4) is 0 Å². The average Bonchev–Trinajstić information content (AvgIpc) is 3.06. The van der Waals surface area contributed by atoms with E-state index in [0.717, 1.165) is 48.1 Å². The minimum Gasteiger partial charge on any atom is -0.483 e. The van der Waals surface area contributed by atoms with Gasteiger partial charge in [0.25, 0.3) is 5.91 Å². The van der Waals surface area contributed by atoms with Gasteiger partial charge < -0.3 is 14.5 Å². The zero-order valence-electron chi connectivity index (χ0n) is 15.3. The molecular formula is C19H29ClN2O2. The molecule has 0 atom stereocenters. The fourth-order valence-corrected chi connectivity index (χ4v) is 3.09. The summed E-state index contributed by atoms with van der Waals surface area (Å²) in [6, 6.07) is 3.87. The average molecular weight is 353 g/mol. The molecule has 1 saturated heterocycles. The Hall–Kier alpha value is -1.26. The molecule has 2 rings (SSSR count). The molecule has 1 amide bonds. The topological polar surface area (TPSA) is 32.8 Å². The van der Waals surface area contributed by atoms with Gasteiger partial charge in [-0.3, -0.25) is 4.79 Å². The first-order valence-electron chi connectivity index (χ1n) is 8.77. The van der Waals surface area contributed by atoms with E-state index in [1.807, 2.05) is 26.1 Å². The Labute approximate surface area is 150 Å². The first-order chi connectivity index (χ1) is 11.4. The third-order valence-electron chi connectivity index (χ3n) is 4.64. The lowest BCUT2D eigenvalue weighted by Gasteiger charge is -2.22. The monoisotopic (exact) mass is 352 g/mol. The van der Waals surface area contributed by atoms with Gasteiger partial charge in [0.1, 0.15) is 5.75 Å². The van der Waals surface area contributed by atoms with Crippen molar-refractivity contribution < 1.29 is 9.53 Å². The Balaban J connectivity index is 1.89. The Kier molecular flexibility index (Phi) is 6.93. The number of hydrogen-bond acceptors (Lipinski definition) is 3. The molecule has 24 heavy (non-hydrogen) atoms. The van der Waals surface area contributed by atoms with Crippen molar-refractivity contribution in [3.63, 3.8) is 0 Å². The zero-order chi connectivity index (χ0) is 17.7. The Morgan fingerprint density at radius 2 is 2.00 bits per heavy atom. The van der Waals surface area contributed by atoms with Crippen molar-refractivity contribution in [3.05, 3.63) is 28.3 Å². The van der Waals surface area contributed by atoms with Gasteiger partial charge in [0.2, 0.25) is 0 Å². The van der Waals surface area contributed by atoms with Crippen LogP contribution in [0.4, 0.5) is 0 Å². The maximum atomic E-state index is 12.3. The van der Waals surface area contributed by atoms with Crippen molar-refractivity contribution in [2.75, 3.05) is 39.8 Å². The first kappa shape index (κ1) is 19.1. The first-order valence-corrected chi connectivity index (χ1v) is 9.15. The number of nitrogens with zero attached hydrogens (tertiary/aromatic N) is 2. The molecule has 0 unspecified atom stereocenters. The van der Waals surface area contributed by atoms with Gasteiger partial charge in [-0.05, 0) is 62.0 Å². The molecule has 1 aromatic carbocycles. The lowest BCUT2D eigenvalue weighted by atomic mass is 10.0. The van der Waals surface area contributed by atoms with Crippen LogP contribution >= 0.6 is 11.6 Å². The SMILES string of the molecule is Cc1cc(OCC(=O)N(C)CCN2CCCC2)c(C(C)C)cc1Cl. The van der Waals surface area contributed by atoms with Crippen LogP contribution in [0.25, 0.3) is 0 Å². The predicted molar refractivity (Wildman–Crippen MR) is 99.1 cm³/mol. The van der Waals surface area contributed by atoms with Gasteiger partial charge in [0.15, 0.2) is 6.61 Å². The normalized spacial score (nSPS) is 15.1. The summed E-state index contributed by atoms with van der Waals surface area (Å²) in [5.74, 6) is 1.06. The molecule has 0 aromatic heterocycles. The summed E-state index contributed by atoms with van der Waals surface area (Å²) in [5.41, 5.74) is 2.00. The van der Waals surface area contributed by atoms with Gasteiger partial charge in [-0.15, -0.1) is 0 Å². The fraction of sp³-hybridized carbons (Fsp3) is 0.632. The largest absolute Gasteiger partial charge is 0.483 e. The summed E-state index contributed by atoms with van der Waals surface area (Å²) in [6.45, 7) is 10.2. The second kappa shape index (κ2) is 8.72. The van der Waals surface area contributed by atoms with E-state index in [1.54, 1.807) is 4.90 Å². The van der Waals surface area contributed by atoms with Crippen molar-refractivity contribution in [1.82, 2.24) is 9.80 Å². The zero-order valence-corrected chi connectivity index (χ0v) is 16.0. The van der Waals surface area contributed by atoms with Crippen molar-refractivity contribution in [3.8, 4) is 5.75 Å². The second-order valence-corrected chi connectivity index (χ2v) is 7.35. The maximum absolute atomic E-state index is 12.3. The van der Waals surface area contributed by atoms with Gasteiger partial charge >= 0.3 is 0 Å². The van der Waals surface area contributed by atoms with E-state index in [4.69, 9.17) is 16.3 Å². The van der Waals surface area contributed by atoms with Gasteiger partial charge in [-0.1, -0.05) is 25.4 Å². The molecule has 134 valence electrons. The van der Waals surface area contributed by atoms with Crippen molar-refractivity contribution in [2.24, 2.45) is 0 Å². The van der Waals surface area contributed by atoms with Crippen molar-refractivity contribution in [2.45, 2.75) is 39.5 Å². The van der Waals surface area contributed by atoms with Crippen LogP contribution in [0.5, 0.6) is 5.75 Å². The molecule has 1 heterocycles. The molecule has 0 N–H and O–H groups in total. The molecule has 0 spiro atoms. The van der Waals surface area contributed by atoms with Crippen LogP contribution in [-0.2, 0) is 4.79 Å². The third kappa shape index (κ3) is 5.12. The summed E-state index contributed by atoms with van der Waals surface area (Å²) < 4.78 is 5.83. The van der Waals surface area contributed by atoms with Crippen LogP contribution in [0.1, 0.15) is 43.7 Å². The Morgan fingerprint density at radius 3 is 2.62 bits per heavy atom. The van der Waals surface area contributed by atoms with E-state index in [1.165, 1.54) is 12.8 Å². The van der Waals surface area contributed by atoms with E-state index in [9.17, 15) is 4.79 Å². The number of amides is 1. The minimum atomic E-state index is 0.0107. The Bertz CT molecular complexity index is 569. The van der Waals surface area contributed by atoms with E-state index in [2.05, 4.69) is 18.7 Å². The lowest BCUT2D eigenvalue weighted by molar-refractivity contribution is -0.132. The Morgan fingerprint density at radius 1 is 1.33 bits per heavy atom. The van der Waals surface area contributed by atoms with Gasteiger partial charge in [0.05, 0.1) is 0 Å². The number of carbonyl (C=O) groups excluding carboxylic acids is 1. The molecule has 4 nitrogen and oxygen atoms in total. The van der Waals surface area contributed by atoms with Crippen molar-refractivity contribution >= 4 is 17.5 Å². The van der Waals surface area contributed by atoms with E-state index >= 15 is 0 Å². The lowest BCUT2D eigenvalue weighted by Crippen LogP contribution is -2.37. The van der Waals surface area contributed by atoms with E-state index in [0.29, 0.717) is 5.92 Å². The molecule has 5 heteroatoms. The second-order valence-electron chi connectivity index (χ2n) is 6.95. The standard InChI is InChI=1S/C19H29ClN2O2/c1-14(2)16-12-17(20)15(3)11-18(16)24-13-19(23)21(4)9-10-22-7-5-6-8-22/h11-12,14H,5-10,13H2,1-4H3. The number of ether oxygens (including phenoxy) is 1. The number of rotatable bonds is 7. The number of carbonyl (C=O) groups is 1. The van der Waals surface area contributed by atoms with Crippen LogP contribution in [0.15, 0.2) is 12.1 Å². The number of likely N-dealkylation sites (N-methyl/N-ethyl adjacent to an activating group) is 1. The molecule has 0 radical (unpaired) electrons. The number of benzene rings is 1. The third-order valence-corrected chi connectivity index (χ3v) is 5.05. The summed E-state index contributed by atoms with van der Waals surface area (Å²) in [5, 5.41) is 0.736. The van der Waals surface area contributed by atoms with E-state index in [-0.39, 0.29) is 12.5 Å². The summed E-state index contributed by atoms with van der Waals surface area (Å²) in [7, 11) is 1.85. The van der Waals surface area contributed by atoms with Gasteiger partial charge in [-0.25, -0.2) is 0 Å². The predicted octanol–water partition coefficient (Wildman–Crippen LogP) is 3.70. The smallest absolute Gasteiger partial charge is 0.260 e. The molecule has 1 aliphatic rings. The minimum absolute atomic E-state index is 0.0107. The maximum Gasteiger partial charge on any atom is 0.260 e. The van der Waals surface area contributed by atoms with E-state index < -0.39 is 0 Å². The molecule has 1 fully saturated rings. The van der Waals surface area contributed by atoms with Crippen LogP contribution < -0.4 is 4.74 Å². The highest BCUT2D eigenvalue weighted by Gasteiger charge is 2.16. The van der Waals surface area contributed by atoms with Crippen LogP contribution in [0.2, 0.25) is 5.02 Å². The molecular weight excluding hydrogens is 324 g/mol. The highest BCUT2D eigenvalue weighted by Crippen LogP contribution is 2.32. The van der Waals surface area contributed by atoms with Crippen LogP contribution in [0, 0.1) is 6.92 Å². The van der Waals surface area contributed by atoms with Gasteiger partial charge in [-0.2, -0.15) is 0 Å². The number of hydrogen-bond donors (Lipinski definition) is 0. The molecule has 0 bridgehead atoms. The highest BCUT2D eigenvalue weighted by atomic mass is 35.5. The molecule has 0 aliphatic carbocycles. The molecule has 0 saturated carbocycles. The summed E-state index contributed by atoms with van der Waals surface area (Å²) >= 11 is 6.21. The number of halogens is 1. The summed E-state index contributed by atoms with van der Waals surface area (Å²) in [6.07, 6.45) is 2.54. The van der Waals surface area contributed by atoms with Crippen LogP contribution in [-0.4, -0.2) is 55.5 Å². The fourth-order valence-electron chi connectivity index (χ4n) is 2.92.